The molecule has 2 heterocycles. The predicted molar refractivity (Wildman–Crippen MR) is 123 cm³/mol. The fourth-order valence-electron chi connectivity index (χ4n) is 3.64. The number of fused-ring (bicyclic) bond motifs is 1. The molecule has 4 rings (SSSR count). The number of nitrogens with zero attached hydrogens (tertiary/aromatic N) is 3. The second-order valence-corrected chi connectivity index (χ2v) is 10.9. The number of nitrogens with one attached hydrogen (secondary N) is 1. The number of carbonyl (C=O) groups is 1. The van der Waals surface area contributed by atoms with Crippen LogP contribution in [0.25, 0.3) is 10.2 Å². The smallest absolute Gasteiger partial charge is 0.270 e. The molecule has 168 valence electrons. The van der Waals surface area contributed by atoms with E-state index in [2.05, 4.69) is 10.3 Å². The van der Waals surface area contributed by atoms with Crippen LogP contribution >= 0.6 is 22.9 Å². The molecule has 3 aromatic rings. The summed E-state index contributed by atoms with van der Waals surface area (Å²) in [6.45, 7) is 1.90. The molecular formula is C20H19ClN4O5S2. The van der Waals surface area contributed by atoms with Gasteiger partial charge in [-0.05, 0) is 43.5 Å². The molecule has 2 aromatic carbocycles. The molecule has 1 saturated heterocycles. The van der Waals surface area contributed by atoms with E-state index < -0.39 is 14.9 Å². The normalized spacial score (nSPS) is 15.7. The maximum atomic E-state index is 13.1. The minimum atomic E-state index is -3.90. The Hall–Kier alpha value is -2.60. The fourth-order valence-corrected chi connectivity index (χ4v) is 6.50. The summed E-state index contributed by atoms with van der Waals surface area (Å²) in [5.74, 6) is -0.568. The Bertz CT molecular complexity index is 1320. The lowest BCUT2D eigenvalue weighted by Crippen LogP contribution is -2.41. The number of halogens is 1. The highest BCUT2D eigenvalue weighted by Crippen LogP contribution is 2.31. The number of non-ortho nitro benzene ring substituents is 1. The van der Waals surface area contributed by atoms with Crippen LogP contribution in [0.1, 0.15) is 18.4 Å². The number of anilines is 1. The van der Waals surface area contributed by atoms with E-state index in [-0.39, 0.29) is 35.5 Å². The van der Waals surface area contributed by atoms with E-state index in [0.717, 1.165) is 16.3 Å². The monoisotopic (exact) mass is 494 g/mol. The summed E-state index contributed by atoms with van der Waals surface area (Å²) in [4.78, 5) is 27.4. The number of hydrogen-bond acceptors (Lipinski definition) is 7. The topological polar surface area (TPSA) is 123 Å². The van der Waals surface area contributed by atoms with Crippen LogP contribution in [0.5, 0.6) is 0 Å². The number of nitro groups is 1. The van der Waals surface area contributed by atoms with E-state index in [1.807, 2.05) is 0 Å². The van der Waals surface area contributed by atoms with Gasteiger partial charge in [-0.2, -0.15) is 4.31 Å². The zero-order chi connectivity index (χ0) is 23.0. The predicted octanol–water partition coefficient (Wildman–Crippen LogP) is 4.21. The third kappa shape index (κ3) is 4.46. The number of thiazole rings is 1. The van der Waals surface area contributed by atoms with Gasteiger partial charge in [-0.1, -0.05) is 29.0 Å². The lowest BCUT2D eigenvalue weighted by molar-refractivity contribution is -0.385. The number of aromatic nitrogens is 1. The highest BCUT2D eigenvalue weighted by atomic mass is 35.5. The molecule has 0 radical (unpaired) electrons. The lowest BCUT2D eigenvalue weighted by Gasteiger charge is -2.30. The Morgan fingerprint density at radius 3 is 2.66 bits per heavy atom. The molecule has 32 heavy (non-hydrogen) atoms. The van der Waals surface area contributed by atoms with E-state index in [9.17, 15) is 23.3 Å². The van der Waals surface area contributed by atoms with Crippen LogP contribution < -0.4 is 5.32 Å². The van der Waals surface area contributed by atoms with Crippen molar-refractivity contribution >= 4 is 59.9 Å². The molecule has 0 bridgehead atoms. The van der Waals surface area contributed by atoms with Crippen molar-refractivity contribution in [3.63, 3.8) is 0 Å². The van der Waals surface area contributed by atoms with Crippen molar-refractivity contribution < 1.29 is 18.1 Å². The molecule has 1 N–H and O–H groups in total. The van der Waals surface area contributed by atoms with Crippen LogP contribution in [0.15, 0.2) is 41.3 Å². The second-order valence-electron chi connectivity index (χ2n) is 7.51. The second kappa shape index (κ2) is 8.74. The number of sulfonamides is 1. The molecule has 0 aliphatic carbocycles. The number of amides is 1. The first-order chi connectivity index (χ1) is 15.1. The van der Waals surface area contributed by atoms with Crippen molar-refractivity contribution in [2.24, 2.45) is 5.92 Å². The number of aryl methyl sites for hydroxylation is 1. The Morgan fingerprint density at radius 1 is 1.25 bits per heavy atom. The molecule has 1 aliphatic heterocycles. The molecule has 0 unspecified atom stereocenters. The van der Waals surface area contributed by atoms with Crippen molar-refractivity contribution in [3.8, 4) is 0 Å². The first-order valence-electron chi connectivity index (χ1n) is 9.77. The van der Waals surface area contributed by atoms with Gasteiger partial charge >= 0.3 is 0 Å². The minimum absolute atomic E-state index is 0.0808. The van der Waals surface area contributed by atoms with E-state index in [1.54, 1.807) is 25.1 Å². The fraction of sp³-hybridized carbons (Fsp3) is 0.300. The average Bonchev–Trinajstić information content (AvgIpc) is 3.15. The molecule has 1 fully saturated rings. The molecule has 1 aliphatic rings. The first kappa shape index (κ1) is 22.6. The van der Waals surface area contributed by atoms with Crippen molar-refractivity contribution in [2.45, 2.75) is 24.7 Å². The summed E-state index contributed by atoms with van der Waals surface area (Å²) in [6.07, 6.45) is 0.686. The molecule has 12 heteroatoms. The molecule has 9 nitrogen and oxygen atoms in total. The molecular weight excluding hydrogens is 476 g/mol. The van der Waals surface area contributed by atoms with Gasteiger partial charge in [0.2, 0.25) is 15.9 Å². The largest absolute Gasteiger partial charge is 0.302 e. The summed E-state index contributed by atoms with van der Waals surface area (Å²) in [7, 11) is -3.90. The number of rotatable bonds is 5. The van der Waals surface area contributed by atoms with Crippen LogP contribution in [0.4, 0.5) is 10.8 Å². The van der Waals surface area contributed by atoms with Gasteiger partial charge in [0.1, 0.15) is 0 Å². The van der Waals surface area contributed by atoms with E-state index in [1.165, 1.54) is 27.8 Å². The Morgan fingerprint density at radius 2 is 1.97 bits per heavy atom. The van der Waals surface area contributed by atoms with Crippen molar-refractivity contribution in [2.75, 3.05) is 18.4 Å². The number of carbonyl (C=O) groups excluding carboxylic acids is 1. The minimum Gasteiger partial charge on any atom is -0.302 e. The summed E-state index contributed by atoms with van der Waals surface area (Å²) in [5.41, 5.74) is 0.898. The number of benzene rings is 2. The highest BCUT2D eigenvalue weighted by Gasteiger charge is 2.34. The third-order valence-electron chi connectivity index (χ3n) is 5.41. The zero-order valence-electron chi connectivity index (χ0n) is 16.9. The number of piperidine rings is 1. The molecule has 0 atom stereocenters. The van der Waals surface area contributed by atoms with Crippen LogP contribution in [0.2, 0.25) is 5.02 Å². The molecule has 0 saturated carbocycles. The molecule has 1 aromatic heterocycles. The van der Waals surface area contributed by atoms with Crippen molar-refractivity contribution in [1.29, 1.82) is 0 Å². The van der Waals surface area contributed by atoms with Gasteiger partial charge < -0.3 is 5.32 Å². The van der Waals surface area contributed by atoms with E-state index in [4.69, 9.17) is 11.6 Å². The van der Waals surface area contributed by atoms with Gasteiger partial charge in [-0.15, -0.1) is 0 Å². The van der Waals surface area contributed by atoms with Gasteiger partial charge in [0.05, 0.1) is 20.0 Å². The quantitative estimate of drug-likeness (QED) is 0.418. The third-order valence-corrected chi connectivity index (χ3v) is 8.62. The lowest BCUT2D eigenvalue weighted by atomic mass is 9.97. The SMILES string of the molecule is Cc1ccc([N+](=O)[O-])cc1S(=O)(=O)N1CCC(C(=O)Nc2nc3ccc(Cl)cc3s2)CC1. The van der Waals surface area contributed by atoms with Crippen LogP contribution in [-0.4, -0.2) is 41.6 Å². The van der Waals surface area contributed by atoms with Crippen molar-refractivity contribution in [3.05, 3.63) is 57.1 Å². The van der Waals surface area contributed by atoms with E-state index in [0.29, 0.717) is 28.6 Å². The summed E-state index contributed by atoms with van der Waals surface area (Å²) < 4.78 is 28.3. The van der Waals surface area contributed by atoms with Crippen LogP contribution in [0.3, 0.4) is 0 Å². The average molecular weight is 495 g/mol. The van der Waals surface area contributed by atoms with Crippen molar-refractivity contribution in [1.82, 2.24) is 9.29 Å². The van der Waals surface area contributed by atoms with Crippen LogP contribution in [-0.2, 0) is 14.8 Å². The molecule has 0 spiro atoms. The van der Waals surface area contributed by atoms with Gasteiger partial charge in [-0.3, -0.25) is 14.9 Å². The zero-order valence-corrected chi connectivity index (χ0v) is 19.3. The van der Waals surface area contributed by atoms with Gasteiger partial charge in [0.15, 0.2) is 5.13 Å². The Balaban J connectivity index is 1.43. The van der Waals surface area contributed by atoms with Gasteiger partial charge in [-0.25, -0.2) is 13.4 Å². The summed E-state index contributed by atoms with van der Waals surface area (Å²) in [6, 6.07) is 9.08. The number of hydrogen-bond donors (Lipinski definition) is 1. The standard InChI is InChI=1S/C20H19ClN4O5S2/c1-12-2-4-15(25(27)28)11-18(12)32(29,30)24-8-6-13(7-9-24)19(26)23-20-22-16-5-3-14(21)10-17(16)31-20/h2-5,10-11,13H,6-9H2,1H3,(H,22,23,26). The highest BCUT2D eigenvalue weighted by molar-refractivity contribution is 7.89. The first-order valence-corrected chi connectivity index (χ1v) is 12.4. The maximum absolute atomic E-state index is 13.1. The summed E-state index contributed by atoms with van der Waals surface area (Å²) in [5, 5.41) is 14.9. The van der Waals surface area contributed by atoms with Gasteiger partial charge in [0.25, 0.3) is 5.69 Å². The summed E-state index contributed by atoms with van der Waals surface area (Å²) >= 11 is 7.31. The van der Waals surface area contributed by atoms with Gasteiger partial charge in [0, 0.05) is 36.2 Å². The molecule has 1 amide bonds. The Labute approximate surface area is 193 Å². The Kier molecular flexibility index (Phi) is 6.17. The van der Waals surface area contributed by atoms with E-state index >= 15 is 0 Å². The number of nitro benzene ring substituents is 1. The maximum Gasteiger partial charge on any atom is 0.270 e. The van der Waals surface area contributed by atoms with Crippen LogP contribution in [0, 0.1) is 23.0 Å².